The fourth-order valence-corrected chi connectivity index (χ4v) is 3.30. The van der Waals surface area contributed by atoms with E-state index in [1.807, 2.05) is 13.0 Å². The summed E-state index contributed by atoms with van der Waals surface area (Å²) in [6.45, 7) is 3.64. The van der Waals surface area contributed by atoms with Crippen molar-refractivity contribution in [2.75, 3.05) is 20.2 Å². The Morgan fingerprint density at radius 3 is 2.96 bits per heavy atom. The molecule has 0 spiro atoms. The molecule has 2 atom stereocenters. The Morgan fingerprint density at radius 2 is 2.26 bits per heavy atom. The molecule has 2 N–H and O–H groups in total. The number of pyridine rings is 1. The Hall–Kier alpha value is -2.87. The number of amides is 2. The number of ether oxygens (including phenoxy) is 1. The molecule has 0 saturated carbocycles. The third-order valence-electron chi connectivity index (χ3n) is 4.56. The van der Waals surface area contributed by atoms with Crippen LogP contribution >= 0.6 is 0 Å². The average molecular weight is 372 g/mol. The number of methoxy groups -OCH3 is 1. The average Bonchev–Trinajstić information content (AvgIpc) is 3.32. The van der Waals surface area contributed by atoms with Crippen LogP contribution in [0.4, 0.5) is 0 Å². The van der Waals surface area contributed by atoms with Crippen molar-refractivity contribution in [1.29, 1.82) is 0 Å². The molecule has 27 heavy (non-hydrogen) atoms. The lowest BCUT2D eigenvalue weighted by Gasteiger charge is -2.22. The molecule has 2 aromatic rings. The summed E-state index contributed by atoms with van der Waals surface area (Å²) in [5.74, 6) is 0.152. The van der Waals surface area contributed by atoms with Gasteiger partial charge in [0.05, 0.1) is 25.7 Å². The Bertz CT molecular complexity index is 778. The Labute approximate surface area is 157 Å². The van der Waals surface area contributed by atoms with Crippen molar-refractivity contribution in [2.24, 2.45) is 0 Å². The fraction of sp³-hybridized carbons (Fsp3) is 0.421. The van der Waals surface area contributed by atoms with E-state index in [9.17, 15) is 9.59 Å². The summed E-state index contributed by atoms with van der Waals surface area (Å²) in [5.41, 5.74) is 1.47. The smallest absolute Gasteiger partial charge is 0.251 e. The number of nitrogens with one attached hydrogen (secondary N) is 2. The summed E-state index contributed by atoms with van der Waals surface area (Å²) in [4.78, 5) is 31.1. The molecule has 0 unspecified atom stereocenters. The molecule has 0 aliphatic carbocycles. The van der Waals surface area contributed by atoms with Crippen molar-refractivity contribution >= 4 is 11.8 Å². The number of likely N-dealkylation sites (tertiary alicyclic amines) is 1. The predicted octanol–water partition coefficient (Wildman–Crippen LogP) is 1.19. The van der Waals surface area contributed by atoms with Gasteiger partial charge in [0, 0.05) is 49.1 Å². The molecule has 3 heterocycles. The van der Waals surface area contributed by atoms with E-state index < -0.39 is 0 Å². The van der Waals surface area contributed by atoms with Crippen molar-refractivity contribution in [1.82, 2.24) is 20.5 Å². The van der Waals surface area contributed by atoms with E-state index in [4.69, 9.17) is 9.15 Å². The molecule has 8 heteroatoms. The molecule has 0 aromatic carbocycles. The van der Waals surface area contributed by atoms with Crippen molar-refractivity contribution in [2.45, 2.75) is 32.0 Å². The van der Waals surface area contributed by atoms with Gasteiger partial charge in [-0.05, 0) is 25.5 Å². The molecule has 0 bridgehead atoms. The summed E-state index contributed by atoms with van der Waals surface area (Å²) in [6, 6.07) is 4.68. The number of carbonyl (C=O) groups excluding carboxylic acids is 2. The van der Waals surface area contributed by atoms with Gasteiger partial charge in [-0.15, -0.1) is 0 Å². The largest absolute Gasteiger partial charge is 0.481 e. The molecule has 144 valence electrons. The van der Waals surface area contributed by atoms with Crippen molar-refractivity contribution in [3.05, 3.63) is 48.0 Å². The van der Waals surface area contributed by atoms with E-state index in [1.165, 1.54) is 13.3 Å². The van der Waals surface area contributed by atoms with Gasteiger partial charge in [-0.2, -0.15) is 0 Å². The quantitative estimate of drug-likeness (QED) is 0.758. The fourth-order valence-electron chi connectivity index (χ4n) is 3.30. The maximum Gasteiger partial charge on any atom is 0.251 e. The minimum Gasteiger partial charge on any atom is -0.481 e. The van der Waals surface area contributed by atoms with Crippen LogP contribution in [0.2, 0.25) is 0 Å². The minimum absolute atomic E-state index is 0.0247. The van der Waals surface area contributed by atoms with Crippen LogP contribution in [-0.4, -0.2) is 54.0 Å². The number of likely N-dealkylation sites (N-methyl/N-ethyl adjacent to an activating group) is 1. The first kappa shape index (κ1) is 18.9. The highest BCUT2D eigenvalue weighted by Gasteiger charge is 2.37. The van der Waals surface area contributed by atoms with Gasteiger partial charge in [0.25, 0.3) is 5.91 Å². The lowest BCUT2D eigenvalue weighted by Crippen LogP contribution is -2.42. The first-order chi connectivity index (χ1) is 13.1. The van der Waals surface area contributed by atoms with Gasteiger partial charge in [-0.25, -0.2) is 4.98 Å². The summed E-state index contributed by atoms with van der Waals surface area (Å²) < 4.78 is 10.2. The van der Waals surface area contributed by atoms with Gasteiger partial charge in [-0.3, -0.25) is 14.5 Å². The highest BCUT2D eigenvalue weighted by molar-refractivity contribution is 5.94. The summed E-state index contributed by atoms with van der Waals surface area (Å²) >= 11 is 0. The molecule has 8 nitrogen and oxygen atoms in total. The van der Waals surface area contributed by atoms with Crippen molar-refractivity contribution in [3.8, 4) is 5.88 Å². The number of hydrogen-bond donors (Lipinski definition) is 2. The molecule has 0 radical (unpaired) electrons. The molecule has 1 aliphatic rings. The first-order valence-electron chi connectivity index (χ1n) is 8.94. The number of carbonyl (C=O) groups is 2. The second kappa shape index (κ2) is 8.68. The van der Waals surface area contributed by atoms with Crippen molar-refractivity contribution in [3.63, 3.8) is 0 Å². The highest BCUT2D eigenvalue weighted by atomic mass is 16.5. The van der Waals surface area contributed by atoms with Gasteiger partial charge in [0.2, 0.25) is 11.8 Å². The molecular weight excluding hydrogens is 348 g/mol. The molecule has 3 rings (SSSR count). The van der Waals surface area contributed by atoms with Crippen LogP contribution in [-0.2, 0) is 11.3 Å². The number of furan rings is 1. The summed E-state index contributed by atoms with van der Waals surface area (Å²) in [6.07, 6.45) is 5.37. The SMILES string of the molecule is CCNC(=O)[C@@H]1C[C@@H](NC(=O)c2ccnc(OC)c2)CN1Cc1ccoc1. The number of hydrogen-bond acceptors (Lipinski definition) is 6. The predicted molar refractivity (Wildman–Crippen MR) is 98.2 cm³/mol. The Kier molecular flexibility index (Phi) is 6.08. The van der Waals surface area contributed by atoms with Gasteiger partial charge in [0.15, 0.2) is 0 Å². The number of nitrogens with zero attached hydrogens (tertiary/aromatic N) is 2. The van der Waals surface area contributed by atoms with Crippen LogP contribution in [0.3, 0.4) is 0 Å². The first-order valence-corrected chi connectivity index (χ1v) is 8.94. The van der Waals surface area contributed by atoms with Crippen molar-refractivity contribution < 1.29 is 18.7 Å². The van der Waals surface area contributed by atoms with Crippen LogP contribution in [0.25, 0.3) is 0 Å². The minimum atomic E-state index is -0.294. The summed E-state index contributed by atoms with van der Waals surface area (Å²) in [5, 5.41) is 5.89. The zero-order chi connectivity index (χ0) is 19.2. The van der Waals surface area contributed by atoms with Crippen LogP contribution < -0.4 is 15.4 Å². The standard InChI is InChI=1S/C19H24N4O4/c1-3-20-19(25)16-9-15(11-23(16)10-13-5-7-27-12-13)22-18(24)14-4-6-21-17(8-14)26-2/h4-8,12,15-16H,3,9-11H2,1-2H3,(H,20,25)(H,22,24)/t15-,16+/m1/s1. The van der Waals surface area contributed by atoms with Gasteiger partial charge < -0.3 is 19.8 Å². The van der Waals surface area contributed by atoms with Crippen LogP contribution in [0.1, 0.15) is 29.3 Å². The second-order valence-electron chi connectivity index (χ2n) is 6.46. The molecule has 1 fully saturated rings. The monoisotopic (exact) mass is 372 g/mol. The van der Waals surface area contributed by atoms with Crippen LogP contribution in [0.15, 0.2) is 41.3 Å². The topological polar surface area (TPSA) is 96.7 Å². The van der Waals surface area contributed by atoms with E-state index >= 15 is 0 Å². The summed E-state index contributed by atoms with van der Waals surface area (Å²) in [7, 11) is 1.51. The lowest BCUT2D eigenvalue weighted by atomic mass is 10.1. The molecular formula is C19H24N4O4. The van der Waals surface area contributed by atoms with E-state index in [2.05, 4.69) is 20.5 Å². The maximum atomic E-state index is 12.6. The second-order valence-corrected chi connectivity index (χ2v) is 6.46. The molecule has 2 amide bonds. The number of rotatable bonds is 7. The zero-order valence-electron chi connectivity index (χ0n) is 15.5. The third-order valence-corrected chi connectivity index (χ3v) is 4.56. The van der Waals surface area contributed by atoms with Gasteiger partial charge in [-0.1, -0.05) is 0 Å². The Balaban J connectivity index is 1.68. The maximum absolute atomic E-state index is 12.6. The third kappa shape index (κ3) is 4.65. The number of aromatic nitrogens is 1. The van der Waals surface area contributed by atoms with Crippen LogP contribution in [0.5, 0.6) is 5.88 Å². The van der Waals surface area contributed by atoms with Crippen LogP contribution in [0, 0.1) is 0 Å². The zero-order valence-corrected chi connectivity index (χ0v) is 15.5. The van der Waals surface area contributed by atoms with E-state index in [1.54, 1.807) is 24.7 Å². The molecule has 2 aromatic heterocycles. The van der Waals surface area contributed by atoms with E-state index in [-0.39, 0.29) is 23.9 Å². The molecule has 1 aliphatic heterocycles. The van der Waals surface area contributed by atoms with Gasteiger partial charge >= 0.3 is 0 Å². The normalized spacial score (nSPS) is 19.6. The van der Waals surface area contributed by atoms with E-state index in [0.29, 0.717) is 37.5 Å². The molecule has 1 saturated heterocycles. The van der Waals surface area contributed by atoms with Gasteiger partial charge in [0.1, 0.15) is 0 Å². The highest BCUT2D eigenvalue weighted by Crippen LogP contribution is 2.22. The Morgan fingerprint density at radius 1 is 1.41 bits per heavy atom. The van der Waals surface area contributed by atoms with E-state index in [0.717, 1.165) is 5.56 Å². The lowest BCUT2D eigenvalue weighted by molar-refractivity contribution is -0.125.